The smallest absolute Gasteiger partial charge is 0.300 e. The van der Waals surface area contributed by atoms with Crippen LogP contribution in [0.2, 0.25) is 0 Å². The number of halogens is 1. The van der Waals surface area contributed by atoms with Crippen LogP contribution in [0.5, 0.6) is 5.75 Å². The molecule has 1 N–H and O–H groups in total. The van der Waals surface area contributed by atoms with E-state index in [-0.39, 0.29) is 11.6 Å². The third kappa shape index (κ3) is 5.17. The van der Waals surface area contributed by atoms with Gasteiger partial charge in [0.25, 0.3) is 5.91 Å². The van der Waals surface area contributed by atoms with Crippen molar-refractivity contribution in [3.8, 4) is 16.5 Å². The third-order valence-electron chi connectivity index (χ3n) is 7.37. The molecule has 0 bridgehead atoms. The molecule has 2 aliphatic heterocycles. The van der Waals surface area contributed by atoms with Gasteiger partial charge in [-0.25, -0.2) is 14.4 Å². The summed E-state index contributed by atoms with van der Waals surface area (Å²) in [6.45, 7) is 5.39. The van der Waals surface area contributed by atoms with E-state index < -0.39 is 17.1 Å². The summed E-state index contributed by atoms with van der Waals surface area (Å²) in [5.74, 6) is -1.13. The van der Waals surface area contributed by atoms with E-state index in [2.05, 4.69) is 19.8 Å². The zero-order chi connectivity index (χ0) is 27.8. The maximum atomic E-state index is 14.2. The molecule has 0 unspecified atom stereocenters. The Bertz CT molecular complexity index is 1630. The van der Waals surface area contributed by atoms with E-state index in [0.717, 1.165) is 36.7 Å². The summed E-state index contributed by atoms with van der Waals surface area (Å²) >= 11 is 1.27. The molecule has 208 valence electrons. The Labute approximate surface area is 233 Å². The van der Waals surface area contributed by atoms with Crippen LogP contribution in [0.3, 0.4) is 0 Å². The van der Waals surface area contributed by atoms with E-state index in [0.29, 0.717) is 54.5 Å². The van der Waals surface area contributed by atoms with Gasteiger partial charge in [0, 0.05) is 68.5 Å². The highest BCUT2D eigenvalue weighted by atomic mass is 32.1. The SMILES string of the molecule is CN1CCN(C(=O)c2cc(F)ccc2Cc2cnc(-c3nc4ccc(N5CCOCC5)cn4c(=O)c3O)s2)CC1. The van der Waals surface area contributed by atoms with E-state index in [9.17, 15) is 19.1 Å². The average molecular weight is 565 g/mol. The van der Waals surface area contributed by atoms with Gasteiger partial charge in [0.1, 0.15) is 22.2 Å². The van der Waals surface area contributed by atoms with Crippen molar-refractivity contribution in [1.82, 2.24) is 24.2 Å². The van der Waals surface area contributed by atoms with Gasteiger partial charge >= 0.3 is 5.56 Å². The number of aromatic nitrogens is 3. The number of hydrogen-bond donors (Lipinski definition) is 1. The molecule has 0 spiro atoms. The third-order valence-corrected chi connectivity index (χ3v) is 8.38. The van der Waals surface area contributed by atoms with Crippen molar-refractivity contribution in [1.29, 1.82) is 0 Å². The first-order valence-corrected chi connectivity index (χ1v) is 14.0. The highest BCUT2D eigenvalue weighted by Gasteiger charge is 2.24. The molecule has 40 heavy (non-hydrogen) atoms. The Morgan fingerprint density at radius 1 is 1.10 bits per heavy atom. The summed E-state index contributed by atoms with van der Waals surface area (Å²) in [6, 6.07) is 7.91. The number of pyridine rings is 1. The number of amides is 1. The zero-order valence-electron chi connectivity index (χ0n) is 22.0. The number of thiazole rings is 1. The molecule has 2 fully saturated rings. The van der Waals surface area contributed by atoms with Crippen molar-refractivity contribution in [2.75, 3.05) is 64.4 Å². The van der Waals surface area contributed by atoms with Gasteiger partial charge in [0.05, 0.1) is 18.9 Å². The van der Waals surface area contributed by atoms with Crippen LogP contribution in [0, 0.1) is 5.82 Å². The number of morpholine rings is 1. The Hall–Kier alpha value is -3.87. The van der Waals surface area contributed by atoms with Crippen molar-refractivity contribution < 1.29 is 19.0 Å². The molecule has 12 heteroatoms. The number of hydrogen-bond acceptors (Lipinski definition) is 9. The van der Waals surface area contributed by atoms with Crippen LogP contribution in [0.25, 0.3) is 16.3 Å². The summed E-state index contributed by atoms with van der Waals surface area (Å²) < 4.78 is 20.9. The molecule has 2 aliphatic rings. The number of carbonyl (C=O) groups excluding carboxylic acids is 1. The van der Waals surface area contributed by atoms with Crippen LogP contribution in [0.1, 0.15) is 20.8 Å². The van der Waals surface area contributed by atoms with E-state index in [4.69, 9.17) is 4.74 Å². The molecular formula is C28H29FN6O4S. The summed E-state index contributed by atoms with van der Waals surface area (Å²) in [6.07, 6.45) is 3.67. The average Bonchev–Trinajstić information content (AvgIpc) is 3.44. The first-order chi connectivity index (χ1) is 19.4. The molecule has 10 nitrogen and oxygen atoms in total. The second-order valence-electron chi connectivity index (χ2n) is 10.0. The van der Waals surface area contributed by atoms with Gasteiger partial charge in [-0.15, -0.1) is 11.3 Å². The van der Waals surface area contributed by atoms with Crippen LogP contribution in [0.4, 0.5) is 10.1 Å². The number of benzene rings is 1. The van der Waals surface area contributed by atoms with Crippen LogP contribution in [0.15, 0.2) is 47.5 Å². The lowest BCUT2D eigenvalue weighted by Crippen LogP contribution is -2.47. The van der Waals surface area contributed by atoms with Gasteiger partial charge in [-0.05, 0) is 36.9 Å². The first-order valence-electron chi connectivity index (χ1n) is 13.2. The molecule has 0 radical (unpaired) electrons. The number of carbonyl (C=O) groups is 1. The topological polar surface area (TPSA) is 104 Å². The highest BCUT2D eigenvalue weighted by molar-refractivity contribution is 7.15. The van der Waals surface area contributed by atoms with E-state index in [1.165, 1.54) is 27.9 Å². The summed E-state index contributed by atoms with van der Waals surface area (Å²) in [4.78, 5) is 42.1. The number of rotatable bonds is 5. The maximum Gasteiger partial charge on any atom is 0.300 e. The fourth-order valence-corrected chi connectivity index (χ4v) is 5.97. The van der Waals surface area contributed by atoms with Crippen LogP contribution < -0.4 is 10.5 Å². The van der Waals surface area contributed by atoms with Crippen LogP contribution in [-0.2, 0) is 11.2 Å². The van der Waals surface area contributed by atoms with Gasteiger partial charge in [0.2, 0.25) is 5.75 Å². The van der Waals surface area contributed by atoms with Crippen LogP contribution >= 0.6 is 11.3 Å². The molecule has 0 atom stereocenters. The lowest BCUT2D eigenvalue weighted by atomic mass is 10.0. The minimum absolute atomic E-state index is 0.105. The fourth-order valence-electron chi connectivity index (χ4n) is 5.04. The second kappa shape index (κ2) is 11.0. The number of fused-ring (bicyclic) bond motifs is 1. The first kappa shape index (κ1) is 26.4. The molecule has 5 heterocycles. The number of likely N-dealkylation sites (N-methyl/N-ethyl adjacent to an activating group) is 1. The Kier molecular flexibility index (Phi) is 7.22. The summed E-state index contributed by atoms with van der Waals surface area (Å²) in [7, 11) is 2.01. The standard InChI is InChI=1S/C28H29FN6O4S/c1-32-6-8-34(9-7-32)27(37)22-15-19(29)3-2-18(22)14-21-16-30-26(40-21)24-25(36)28(38)35-17-20(4-5-23(35)31-24)33-10-12-39-13-11-33/h2-5,15-17,36H,6-14H2,1H3. The Morgan fingerprint density at radius 2 is 1.88 bits per heavy atom. The molecule has 6 rings (SSSR count). The monoisotopic (exact) mass is 564 g/mol. The van der Waals surface area contributed by atoms with Crippen molar-refractivity contribution in [2.24, 2.45) is 0 Å². The molecular weight excluding hydrogens is 535 g/mol. The van der Waals surface area contributed by atoms with E-state index in [1.54, 1.807) is 29.4 Å². The van der Waals surface area contributed by atoms with Crippen molar-refractivity contribution in [3.05, 3.63) is 74.9 Å². The second-order valence-corrected chi connectivity index (χ2v) is 11.1. The van der Waals surface area contributed by atoms with Gasteiger partial charge < -0.3 is 24.5 Å². The largest absolute Gasteiger partial charge is 0.501 e. The molecule has 1 aromatic carbocycles. The predicted molar refractivity (Wildman–Crippen MR) is 150 cm³/mol. The predicted octanol–water partition coefficient (Wildman–Crippen LogP) is 2.48. The molecule has 0 saturated carbocycles. The van der Waals surface area contributed by atoms with Crippen molar-refractivity contribution >= 4 is 28.6 Å². The van der Waals surface area contributed by atoms with Gasteiger partial charge in [0.15, 0.2) is 0 Å². The molecule has 0 aliphatic carbocycles. The minimum atomic E-state index is -0.578. The fraction of sp³-hybridized carbons (Fsp3) is 0.357. The van der Waals surface area contributed by atoms with E-state index >= 15 is 0 Å². The van der Waals surface area contributed by atoms with Gasteiger partial charge in [-0.3, -0.25) is 14.0 Å². The van der Waals surface area contributed by atoms with Gasteiger partial charge in [-0.2, -0.15) is 0 Å². The normalized spacial score (nSPS) is 16.6. The quantitative estimate of drug-likeness (QED) is 0.395. The highest BCUT2D eigenvalue weighted by Crippen LogP contribution is 2.31. The lowest BCUT2D eigenvalue weighted by molar-refractivity contribution is 0.0662. The molecule has 1 amide bonds. The number of anilines is 1. The number of aromatic hydroxyl groups is 1. The van der Waals surface area contributed by atoms with E-state index in [1.807, 2.05) is 13.1 Å². The summed E-state index contributed by atoms with van der Waals surface area (Å²) in [5.41, 5.74) is 1.79. The molecule has 4 aromatic rings. The lowest BCUT2D eigenvalue weighted by Gasteiger charge is -2.32. The maximum absolute atomic E-state index is 14.2. The minimum Gasteiger partial charge on any atom is -0.501 e. The van der Waals surface area contributed by atoms with Crippen LogP contribution in [-0.4, -0.2) is 94.7 Å². The number of ether oxygens (including phenoxy) is 1. The number of piperazine rings is 1. The number of nitrogens with zero attached hydrogens (tertiary/aromatic N) is 6. The zero-order valence-corrected chi connectivity index (χ0v) is 22.9. The Balaban J connectivity index is 1.27. The summed E-state index contributed by atoms with van der Waals surface area (Å²) in [5, 5.41) is 11.2. The van der Waals surface area contributed by atoms with Crippen molar-refractivity contribution in [2.45, 2.75) is 6.42 Å². The molecule has 3 aromatic heterocycles. The Morgan fingerprint density at radius 3 is 2.65 bits per heavy atom. The molecule has 2 saturated heterocycles. The van der Waals surface area contributed by atoms with Gasteiger partial charge in [-0.1, -0.05) is 6.07 Å². The van der Waals surface area contributed by atoms with Crippen molar-refractivity contribution in [3.63, 3.8) is 0 Å².